The molecule has 0 N–H and O–H groups in total. The average molecular weight is 485 g/mol. The fraction of sp³-hybridized carbons (Fsp3) is 0.0645. The van der Waals surface area contributed by atoms with Gasteiger partial charge in [-0.3, -0.25) is 14.5 Å². The first kappa shape index (κ1) is 22.5. The zero-order valence-electron chi connectivity index (χ0n) is 20.2. The minimum absolute atomic E-state index is 0.257. The Morgan fingerprint density at radius 1 is 0.595 bits per heavy atom. The predicted octanol–water partition coefficient (Wildman–Crippen LogP) is 5.80. The van der Waals surface area contributed by atoms with Crippen LogP contribution in [0, 0.1) is 5.92 Å². The molecule has 6 nitrogen and oxygen atoms in total. The minimum atomic E-state index is -0.662. The Labute approximate surface area is 215 Å². The summed E-state index contributed by atoms with van der Waals surface area (Å²) < 4.78 is 0. The molecule has 1 fully saturated rings. The summed E-state index contributed by atoms with van der Waals surface area (Å²) >= 11 is 0. The van der Waals surface area contributed by atoms with Crippen molar-refractivity contribution >= 4 is 34.7 Å². The van der Waals surface area contributed by atoms with Crippen molar-refractivity contribution < 1.29 is 9.59 Å². The molecule has 37 heavy (non-hydrogen) atoms. The third-order valence-corrected chi connectivity index (χ3v) is 6.58. The SMILES string of the molecule is CC1C(=O)N(c2ccccc2)C(=O)/C1=C1\N(c2ccccc2)N=C(c2ccccc2)N1c1ccccc1. The number of anilines is 3. The van der Waals surface area contributed by atoms with Gasteiger partial charge < -0.3 is 0 Å². The lowest BCUT2D eigenvalue weighted by Gasteiger charge is -2.27. The maximum Gasteiger partial charge on any atom is 0.265 e. The molecule has 1 unspecified atom stereocenters. The van der Waals surface area contributed by atoms with Crippen LogP contribution < -0.4 is 14.8 Å². The highest BCUT2D eigenvalue weighted by Gasteiger charge is 2.48. The van der Waals surface area contributed by atoms with Gasteiger partial charge in [0.15, 0.2) is 11.7 Å². The Bertz CT molecular complexity index is 1520. The number of hydrogen-bond acceptors (Lipinski definition) is 5. The quantitative estimate of drug-likeness (QED) is 0.272. The Morgan fingerprint density at radius 2 is 1.05 bits per heavy atom. The number of carbonyl (C=O) groups is 2. The molecule has 0 saturated carbocycles. The smallest absolute Gasteiger partial charge is 0.265 e. The molecule has 6 heteroatoms. The first-order valence-corrected chi connectivity index (χ1v) is 12.2. The van der Waals surface area contributed by atoms with E-state index in [1.807, 2.05) is 114 Å². The van der Waals surface area contributed by atoms with Gasteiger partial charge in [-0.25, -0.2) is 9.91 Å². The Balaban J connectivity index is 1.62. The highest BCUT2D eigenvalue weighted by molar-refractivity contribution is 6.30. The normalized spacial score (nSPS) is 19.5. The fourth-order valence-corrected chi connectivity index (χ4v) is 4.80. The van der Waals surface area contributed by atoms with Gasteiger partial charge in [0.25, 0.3) is 5.91 Å². The standard InChI is InChI=1S/C31H24N4O2/c1-22-27(31(37)34(30(22)36)25-18-10-4-11-19-25)29-33(24-16-8-3-9-17-24)28(23-14-6-2-7-15-23)32-35(29)26-20-12-5-13-21-26/h2-22H,1H3/b29-27-. The van der Waals surface area contributed by atoms with Crippen LogP contribution >= 0.6 is 0 Å². The number of imide groups is 1. The van der Waals surface area contributed by atoms with Gasteiger partial charge in [0, 0.05) is 11.3 Å². The molecule has 6 rings (SSSR count). The minimum Gasteiger partial charge on any atom is -0.277 e. The molecule has 0 radical (unpaired) electrons. The highest BCUT2D eigenvalue weighted by atomic mass is 16.2. The van der Waals surface area contributed by atoms with Crippen LogP contribution in [0.4, 0.5) is 17.1 Å². The fourth-order valence-electron chi connectivity index (χ4n) is 4.80. The predicted molar refractivity (Wildman–Crippen MR) is 146 cm³/mol. The number of amides is 2. The van der Waals surface area contributed by atoms with Crippen LogP contribution in [0.3, 0.4) is 0 Å². The van der Waals surface area contributed by atoms with Gasteiger partial charge in [0.05, 0.1) is 22.9 Å². The summed E-state index contributed by atoms with van der Waals surface area (Å²) in [5.74, 6) is -0.0345. The number of para-hydroxylation sites is 3. The highest BCUT2D eigenvalue weighted by Crippen LogP contribution is 2.41. The lowest BCUT2D eigenvalue weighted by atomic mass is 10.0. The van der Waals surface area contributed by atoms with E-state index >= 15 is 0 Å². The van der Waals surface area contributed by atoms with E-state index in [1.165, 1.54) is 4.90 Å². The van der Waals surface area contributed by atoms with Crippen molar-refractivity contribution in [2.24, 2.45) is 11.0 Å². The molecule has 2 amide bonds. The Morgan fingerprint density at radius 3 is 1.59 bits per heavy atom. The number of nitrogens with zero attached hydrogens (tertiary/aromatic N) is 4. The van der Waals surface area contributed by atoms with Crippen LogP contribution in [0.5, 0.6) is 0 Å². The maximum atomic E-state index is 14.1. The average Bonchev–Trinajstić information content (AvgIpc) is 3.45. The maximum absolute atomic E-state index is 14.1. The molecular formula is C31H24N4O2. The van der Waals surface area contributed by atoms with E-state index in [0.29, 0.717) is 22.9 Å². The first-order chi connectivity index (χ1) is 18.1. The molecular weight excluding hydrogens is 460 g/mol. The van der Waals surface area contributed by atoms with Gasteiger partial charge in [-0.15, -0.1) is 5.10 Å². The number of amidine groups is 1. The van der Waals surface area contributed by atoms with Gasteiger partial charge in [0.2, 0.25) is 5.91 Å². The van der Waals surface area contributed by atoms with Gasteiger partial charge in [-0.1, -0.05) is 84.9 Å². The summed E-state index contributed by atoms with van der Waals surface area (Å²) in [4.78, 5) is 30.8. The van der Waals surface area contributed by atoms with Crippen molar-refractivity contribution in [2.75, 3.05) is 14.8 Å². The van der Waals surface area contributed by atoms with Crippen LogP contribution in [0.25, 0.3) is 0 Å². The van der Waals surface area contributed by atoms with Crippen LogP contribution in [-0.2, 0) is 9.59 Å². The summed E-state index contributed by atoms with van der Waals surface area (Å²) in [7, 11) is 0. The van der Waals surface area contributed by atoms with E-state index < -0.39 is 5.92 Å². The molecule has 180 valence electrons. The van der Waals surface area contributed by atoms with E-state index in [9.17, 15) is 9.59 Å². The Hall–Kier alpha value is -4.97. The molecule has 1 saturated heterocycles. The second kappa shape index (κ2) is 9.24. The number of benzene rings is 4. The zero-order valence-corrected chi connectivity index (χ0v) is 20.2. The van der Waals surface area contributed by atoms with Crippen molar-refractivity contribution in [3.63, 3.8) is 0 Å². The molecule has 1 atom stereocenters. The summed E-state index contributed by atoms with van der Waals surface area (Å²) in [6, 6.07) is 38.4. The largest absolute Gasteiger partial charge is 0.277 e. The zero-order chi connectivity index (χ0) is 25.4. The summed E-state index contributed by atoms with van der Waals surface area (Å²) in [5, 5.41) is 6.82. The van der Waals surface area contributed by atoms with E-state index in [-0.39, 0.29) is 11.8 Å². The van der Waals surface area contributed by atoms with Crippen molar-refractivity contribution in [2.45, 2.75) is 6.92 Å². The van der Waals surface area contributed by atoms with Gasteiger partial charge >= 0.3 is 0 Å². The molecule has 2 aliphatic heterocycles. The lowest BCUT2D eigenvalue weighted by Crippen LogP contribution is -2.33. The number of carbonyl (C=O) groups excluding carboxylic acids is 2. The van der Waals surface area contributed by atoms with Gasteiger partial charge in [0.1, 0.15) is 0 Å². The second-order valence-corrected chi connectivity index (χ2v) is 8.88. The number of rotatable bonds is 4. The number of hydrazone groups is 1. The summed E-state index contributed by atoms with van der Waals surface area (Å²) in [6.07, 6.45) is 0. The molecule has 2 heterocycles. The van der Waals surface area contributed by atoms with E-state index in [4.69, 9.17) is 5.10 Å². The van der Waals surface area contributed by atoms with Gasteiger partial charge in [-0.2, -0.15) is 0 Å². The van der Waals surface area contributed by atoms with Crippen molar-refractivity contribution in [1.29, 1.82) is 0 Å². The molecule has 0 bridgehead atoms. The van der Waals surface area contributed by atoms with Gasteiger partial charge in [-0.05, 0) is 43.3 Å². The molecule has 0 spiro atoms. The van der Waals surface area contributed by atoms with Crippen molar-refractivity contribution in [3.8, 4) is 0 Å². The third kappa shape index (κ3) is 3.79. The van der Waals surface area contributed by atoms with E-state index in [2.05, 4.69) is 0 Å². The molecule has 2 aliphatic rings. The number of hydrogen-bond donors (Lipinski definition) is 0. The molecule has 4 aromatic carbocycles. The molecule has 0 aliphatic carbocycles. The van der Waals surface area contributed by atoms with Crippen LogP contribution in [0.15, 0.2) is 138 Å². The first-order valence-electron chi connectivity index (χ1n) is 12.2. The second-order valence-electron chi connectivity index (χ2n) is 8.88. The van der Waals surface area contributed by atoms with Crippen LogP contribution in [-0.4, -0.2) is 17.6 Å². The third-order valence-electron chi connectivity index (χ3n) is 6.58. The molecule has 4 aromatic rings. The molecule has 0 aromatic heterocycles. The van der Waals surface area contributed by atoms with Crippen molar-refractivity contribution in [1.82, 2.24) is 0 Å². The van der Waals surface area contributed by atoms with Crippen LogP contribution in [0.1, 0.15) is 12.5 Å². The van der Waals surface area contributed by atoms with E-state index in [0.717, 1.165) is 16.9 Å². The lowest BCUT2D eigenvalue weighted by molar-refractivity contribution is -0.122. The van der Waals surface area contributed by atoms with E-state index in [1.54, 1.807) is 24.1 Å². The summed E-state index contributed by atoms with van der Waals surface area (Å²) in [6.45, 7) is 1.79. The Kier molecular flexibility index (Phi) is 5.62. The van der Waals surface area contributed by atoms with Crippen LogP contribution in [0.2, 0.25) is 0 Å². The summed E-state index contributed by atoms with van der Waals surface area (Å²) in [5.41, 5.74) is 3.49. The monoisotopic (exact) mass is 484 g/mol. The van der Waals surface area contributed by atoms with Crippen molar-refractivity contribution in [3.05, 3.63) is 138 Å². The topological polar surface area (TPSA) is 56.2 Å².